The zero-order chi connectivity index (χ0) is 13.0. The summed E-state index contributed by atoms with van der Waals surface area (Å²) in [6.45, 7) is 0.726. The predicted molar refractivity (Wildman–Crippen MR) is 72.4 cm³/mol. The zero-order valence-corrected chi connectivity index (χ0v) is 11.0. The quantitative estimate of drug-likeness (QED) is 0.884. The molecule has 0 saturated heterocycles. The molecular weight excluding hydrogens is 250 g/mol. The Labute approximate surface area is 112 Å². The maximum atomic E-state index is 12.0. The van der Waals surface area contributed by atoms with Crippen LogP contribution in [0.2, 0.25) is 5.02 Å². The fourth-order valence-corrected chi connectivity index (χ4v) is 2.52. The first-order chi connectivity index (χ1) is 8.69. The number of hydrogen-bond acceptors (Lipinski definition) is 3. The van der Waals surface area contributed by atoms with E-state index in [0.717, 1.165) is 32.2 Å². The molecule has 1 heterocycles. The van der Waals surface area contributed by atoms with Gasteiger partial charge in [-0.2, -0.15) is 0 Å². The van der Waals surface area contributed by atoms with E-state index in [1.807, 2.05) is 0 Å². The van der Waals surface area contributed by atoms with Crippen molar-refractivity contribution in [3.8, 4) is 0 Å². The van der Waals surface area contributed by atoms with Crippen LogP contribution in [-0.2, 0) is 4.79 Å². The third kappa shape index (κ3) is 3.43. The molecule has 0 spiro atoms. The smallest absolute Gasteiger partial charge is 0.228 e. The van der Waals surface area contributed by atoms with E-state index in [1.54, 1.807) is 18.3 Å². The molecule has 0 radical (unpaired) electrons. The first kappa shape index (κ1) is 13.3. The molecule has 5 heteroatoms. The summed E-state index contributed by atoms with van der Waals surface area (Å²) in [5, 5.41) is 3.40. The molecule has 0 aromatic carbocycles. The normalized spacial score (nSPS) is 23.7. The molecule has 0 bridgehead atoms. The number of amides is 1. The molecule has 1 aromatic rings. The SMILES string of the molecule is NCC1CCC(C(=O)Nc2cc(Cl)ccn2)CC1. The Morgan fingerprint density at radius 3 is 2.78 bits per heavy atom. The molecule has 2 rings (SSSR count). The van der Waals surface area contributed by atoms with E-state index in [-0.39, 0.29) is 11.8 Å². The van der Waals surface area contributed by atoms with E-state index in [1.165, 1.54) is 0 Å². The van der Waals surface area contributed by atoms with Gasteiger partial charge in [0.05, 0.1) is 0 Å². The number of pyridine rings is 1. The highest BCUT2D eigenvalue weighted by molar-refractivity contribution is 6.30. The minimum atomic E-state index is 0.0419. The Morgan fingerprint density at radius 2 is 2.17 bits per heavy atom. The fraction of sp³-hybridized carbons (Fsp3) is 0.538. The van der Waals surface area contributed by atoms with E-state index >= 15 is 0 Å². The third-order valence-electron chi connectivity index (χ3n) is 3.52. The monoisotopic (exact) mass is 267 g/mol. The van der Waals surface area contributed by atoms with Crippen molar-refractivity contribution in [2.45, 2.75) is 25.7 Å². The zero-order valence-electron chi connectivity index (χ0n) is 10.2. The van der Waals surface area contributed by atoms with Gasteiger partial charge in [0.15, 0.2) is 0 Å². The summed E-state index contributed by atoms with van der Waals surface area (Å²) in [4.78, 5) is 16.1. The van der Waals surface area contributed by atoms with Crippen molar-refractivity contribution in [3.63, 3.8) is 0 Å². The molecular formula is C13H18ClN3O. The molecule has 0 atom stereocenters. The van der Waals surface area contributed by atoms with Gasteiger partial charge in [0.2, 0.25) is 5.91 Å². The van der Waals surface area contributed by atoms with Crippen molar-refractivity contribution in [2.24, 2.45) is 17.6 Å². The van der Waals surface area contributed by atoms with Gasteiger partial charge in [-0.1, -0.05) is 11.6 Å². The number of nitrogens with two attached hydrogens (primary N) is 1. The lowest BCUT2D eigenvalue weighted by atomic mass is 9.81. The van der Waals surface area contributed by atoms with E-state index in [4.69, 9.17) is 17.3 Å². The van der Waals surface area contributed by atoms with Crippen LogP contribution >= 0.6 is 11.6 Å². The molecule has 4 nitrogen and oxygen atoms in total. The number of hydrogen-bond donors (Lipinski definition) is 2. The number of carbonyl (C=O) groups excluding carboxylic acids is 1. The molecule has 98 valence electrons. The molecule has 0 unspecified atom stereocenters. The molecule has 1 fully saturated rings. The number of aromatic nitrogens is 1. The molecule has 1 amide bonds. The van der Waals surface area contributed by atoms with Crippen LogP contribution in [0.4, 0.5) is 5.82 Å². The highest BCUT2D eigenvalue weighted by Crippen LogP contribution is 2.28. The first-order valence-electron chi connectivity index (χ1n) is 6.31. The third-order valence-corrected chi connectivity index (χ3v) is 3.76. The standard InChI is InChI=1S/C13H18ClN3O/c14-11-5-6-16-12(7-11)17-13(18)10-3-1-9(8-15)2-4-10/h5-7,9-10H,1-4,8,15H2,(H,16,17,18). The highest BCUT2D eigenvalue weighted by atomic mass is 35.5. The first-order valence-corrected chi connectivity index (χ1v) is 6.69. The lowest BCUT2D eigenvalue weighted by Gasteiger charge is -2.26. The Balaban J connectivity index is 1.89. The Hall–Kier alpha value is -1.13. The Morgan fingerprint density at radius 1 is 1.44 bits per heavy atom. The van der Waals surface area contributed by atoms with Crippen LogP contribution in [0.25, 0.3) is 0 Å². The molecule has 1 aliphatic rings. The van der Waals surface area contributed by atoms with Gasteiger partial charge >= 0.3 is 0 Å². The summed E-state index contributed by atoms with van der Waals surface area (Å²) < 4.78 is 0. The van der Waals surface area contributed by atoms with Gasteiger partial charge in [0, 0.05) is 17.1 Å². The van der Waals surface area contributed by atoms with Crippen molar-refractivity contribution in [2.75, 3.05) is 11.9 Å². The topological polar surface area (TPSA) is 68.0 Å². The number of rotatable bonds is 3. The van der Waals surface area contributed by atoms with Crippen molar-refractivity contribution in [1.29, 1.82) is 0 Å². The van der Waals surface area contributed by atoms with E-state index in [2.05, 4.69) is 10.3 Å². The second-order valence-electron chi connectivity index (χ2n) is 4.80. The maximum Gasteiger partial charge on any atom is 0.228 e. The minimum Gasteiger partial charge on any atom is -0.330 e. The second kappa shape index (κ2) is 6.16. The summed E-state index contributed by atoms with van der Waals surface area (Å²) in [6, 6.07) is 3.34. The summed E-state index contributed by atoms with van der Waals surface area (Å²) >= 11 is 5.85. The molecule has 1 aliphatic carbocycles. The van der Waals surface area contributed by atoms with Crippen LogP contribution in [-0.4, -0.2) is 17.4 Å². The fourth-order valence-electron chi connectivity index (χ4n) is 2.36. The van der Waals surface area contributed by atoms with Crippen LogP contribution in [0.15, 0.2) is 18.3 Å². The molecule has 0 aliphatic heterocycles. The van der Waals surface area contributed by atoms with Crippen molar-refractivity contribution in [3.05, 3.63) is 23.4 Å². The van der Waals surface area contributed by atoms with Crippen LogP contribution in [0.3, 0.4) is 0 Å². The van der Waals surface area contributed by atoms with E-state index in [9.17, 15) is 4.79 Å². The van der Waals surface area contributed by atoms with Crippen LogP contribution < -0.4 is 11.1 Å². The lowest BCUT2D eigenvalue weighted by molar-refractivity contribution is -0.121. The van der Waals surface area contributed by atoms with Crippen molar-refractivity contribution >= 4 is 23.3 Å². The number of carbonyl (C=O) groups is 1. The largest absolute Gasteiger partial charge is 0.330 e. The van der Waals surface area contributed by atoms with Gasteiger partial charge in [-0.3, -0.25) is 4.79 Å². The van der Waals surface area contributed by atoms with Gasteiger partial charge < -0.3 is 11.1 Å². The maximum absolute atomic E-state index is 12.0. The number of nitrogens with zero attached hydrogens (tertiary/aromatic N) is 1. The second-order valence-corrected chi connectivity index (χ2v) is 5.24. The van der Waals surface area contributed by atoms with Crippen molar-refractivity contribution < 1.29 is 4.79 Å². The number of halogens is 1. The summed E-state index contributed by atoms with van der Waals surface area (Å²) in [6.07, 6.45) is 5.49. The van der Waals surface area contributed by atoms with Crippen LogP contribution in [0.5, 0.6) is 0 Å². The predicted octanol–water partition coefficient (Wildman–Crippen LogP) is 2.44. The number of nitrogens with one attached hydrogen (secondary N) is 1. The van der Waals surface area contributed by atoms with Crippen LogP contribution in [0.1, 0.15) is 25.7 Å². The summed E-state index contributed by atoms with van der Waals surface area (Å²) in [5.41, 5.74) is 5.64. The average Bonchev–Trinajstić information content (AvgIpc) is 2.39. The van der Waals surface area contributed by atoms with Gasteiger partial charge in [-0.25, -0.2) is 4.98 Å². The highest BCUT2D eigenvalue weighted by Gasteiger charge is 2.25. The van der Waals surface area contributed by atoms with Gasteiger partial charge in [0.25, 0.3) is 0 Å². The lowest BCUT2D eigenvalue weighted by Crippen LogP contribution is -2.29. The average molecular weight is 268 g/mol. The molecule has 3 N–H and O–H groups in total. The Kier molecular flexibility index (Phi) is 4.55. The summed E-state index contributed by atoms with van der Waals surface area (Å²) in [5.74, 6) is 1.22. The Bertz CT molecular complexity index is 416. The minimum absolute atomic E-state index is 0.0419. The van der Waals surface area contributed by atoms with Gasteiger partial charge in [-0.05, 0) is 50.3 Å². The molecule has 1 saturated carbocycles. The van der Waals surface area contributed by atoms with Gasteiger partial charge in [-0.15, -0.1) is 0 Å². The van der Waals surface area contributed by atoms with Crippen molar-refractivity contribution in [1.82, 2.24) is 4.98 Å². The van der Waals surface area contributed by atoms with Gasteiger partial charge in [0.1, 0.15) is 5.82 Å². The van der Waals surface area contributed by atoms with E-state index < -0.39 is 0 Å². The number of anilines is 1. The molecule has 1 aromatic heterocycles. The molecule has 18 heavy (non-hydrogen) atoms. The van der Waals surface area contributed by atoms with Crippen LogP contribution in [0, 0.1) is 11.8 Å². The summed E-state index contributed by atoms with van der Waals surface area (Å²) in [7, 11) is 0. The van der Waals surface area contributed by atoms with E-state index in [0.29, 0.717) is 16.8 Å².